The number of nitrogens with zero attached hydrogens (tertiary/aromatic N) is 1. The zero-order valence-electron chi connectivity index (χ0n) is 17.2. The molecule has 0 radical (unpaired) electrons. The van der Waals surface area contributed by atoms with Gasteiger partial charge in [0.2, 0.25) is 11.8 Å². The van der Waals surface area contributed by atoms with Gasteiger partial charge in [-0.15, -0.1) is 0 Å². The van der Waals surface area contributed by atoms with Gasteiger partial charge in [-0.25, -0.2) is 4.79 Å². The van der Waals surface area contributed by atoms with Gasteiger partial charge in [0.15, 0.2) is 0 Å². The molecule has 1 saturated heterocycles. The van der Waals surface area contributed by atoms with Crippen LogP contribution in [0.5, 0.6) is 0 Å². The molecule has 0 bridgehead atoms. The van der Waals surface area contributed by atoms with E-state index >= 15 is 0 Å². The number of carbonyl (C=O) groups is 3. The maximum Gasteiger partial charge on any atom is 0.328 e. The molecule has 156 valence electrons. The predicted octanol–water partition coefficient (Wildman–Crippen LogP) is 2.95. The molecule has 0 aromatic heterocycles. The number of carbonyl (C=O) groups excluding carboxylic acids is 3. The highest BCUT2D eigenvalue weighted by molar-refractivity contribution is 5.96. The van der Waals surface area contributed by atoms with Crippen molar-refractivity contribution in [2.75, 3.05) is 13.2 Å². The van der Waals surface area contributed by atoms with Gasteiger partial charge in [0.25, 0.3) is 0 Å². The number of nitrogens with one attached hydrogen (secondary N) is 1. The van der Waals surface area contributed by atoms with E-state index in [-0.39, 0.29) is 24.3 Å². The van der Waals surface area contributed by atoms with Gasteiger partial charge in [-0.3, -0.25) is 9.59 Å². The van der Waals surface area contributed by atoms with Gasteiger partial charge < -0.3 is 15.0 Å². The number of rotatable bonds is 9. The van der Waals surface area contributed by atoms with E-state index in [4.69, 9.17) is 4.74 Å². The third-order valence-corrected chi connectivity index (χ3v) is 4.71. The molecule has 0 saturated carbocycles. The maximum absolute atomic E-state index is 12.8. The number of benzene rings is 1. The number of likely N-dealkylation sites (tertiary alicyclic amines) is 1. The van der Waals surface area contributed by atoms with E-state index in [1.54, 1.807) is 11.0 Å². The van der Waals surface area contributed by atoms with Crippen molar-refractivity contribution in [3.63, 3.8) is 0 Å². The van der Waals surface area contributed by atoms with E-state index in [0.29, 0.717) is 19.4 Å². The Hall–Kier alpha value is -2.89. The van der Waals surface area contributed by atoms with E-state index in [9.17, 15) is 14.4 Å². The first kappa shape index (κ1) is 22.4. The third-order valence-electron chi connectivity index (χ3n) is 4.71. The first-order valence-corrected chi connectivity index (χ1v) is 10.0. The minimum atomic E-state index is -0.736. The number of esters is 1. The molecular formula is C23H30N2O4. The molecule has 1 aliphatic rings. The van der Waals surface area contributed by atoms with Crippen LogP contribution in [0, 0.1) is 5.92 Å². The molecule has 0 unspecified atom stereocenters. The zero-order chi connectivity index (χ0) is 21.2. The van der Waals surface area contributed by atoms with Crippen LogP contribution in [0.25, 0.3) is 6.08 Å². The summed E-state index contributed by atoms with van der Waals surface area (Å²) in [5, 5.41) is 2.79. The van der Waals surface area contributed by atoms with Gasteiger partial charge >= 0.3 is 5.97 Å². The largest absolute Gasteiger partial charge is 0.460 e. The molecule has 1 heterocycles. The molecule has 0 aliphatic carbocycles. The van der Waals surface area contributed by atoms with E-state index in [0.717, 1.165) is 12.0 Å². The Kier molecular flexibility index (Phi) is 8.65. The lowest BCUT2D eigenvalue weighted by Crippen LogP contribution is -2.51. The Morgan fingerprint density at radius 3 is 2.66 bits per heavy atom. The zero-order valence-corrected chi connectivity index (χ0v) is 17.2. The molecule has 1 aliphatic heterocycles. The molecular weight excluding hydrogens is 368 g/mol. The molecule has 29 heavy (non-hydrogen) atoms. The summed E-state index contributed by atoms with van der Waals surface area (Å²) in [6, 6.07) is 8.21. The van der Waals surface area contributed by atoms with Crippen molar-refractivity contribution in [3.8, 4) is 0 Å². The van der Waals surface area contributed by atoms with Crippen LogP contribution in [0.3, 0.4) is 0 Å². The highest BCUT2D eigenvalue weighted by atomic mass is 16.5. The second-order valence-corrected chi connectivity index (χ2v) is 7.54. The molecule has 1 N–H and O–H groups in total. The first-order valence-electron chi connectivity index (χ1n) is 10.0. The van der Waals surface area contributed by atoms with Gasteiger partial charge in [0, 0.05) is 12.6 Å². The predicted molar refractivity (Wildman–Crippen MR) is 113 cm³/mol. The molecule has 2 atom stereocenters. The Balaban J connectivity index is 2.03. The summed E-state index contributed by atoms with van der Waals surface area (Å²) in [5.41, 5.74) is 0.919. The van der Waals surface area contributed by atoms with Gasteiger partial charge in [-0.1, -0.05) is 56.8 Å². The lowest BCUT2D eigenvalue weighted by molar-refractivity contribution is -0.148. The number of amides is 2. The average molecular weight is 399 g/mol. The minimum absolute atomic E-state index is 0.0988. The fourth-order valence-corrected chi connectivity index (χ4v) is 3.33. The van der Waals surface area contributed by atoms with Crippen LogP contribution in [0.15, 0.2) is 49.1 Å². The Morgan fingerprint density at radius 2 is 2.00 bits per heavy atom. The normalized spacial score (nSPS) is 17.3. The molecule has 2 rings (SSSR count). The van der Waals surface area contributed by atoms with Crippen molar-refractivity contribution < 1.29 is 19.1 Å². The fraction of sp³-hybridized carbons (Fsp3) is 0.435. The van der Waals surface area contributed by atoms with Gasteiger partial charge in [-0.2, -0.15) is 0 Å². The molecule has 2 amide bonds. The van der Waals surface area contributed by atoms with Crippen LogP contribution in [0.2, 0.25) is 0 Å². The van der Waals surface area contributed by atoms with Crippen LogP contribution < -0.4 is 5.32 Å². The van der Waals surface area contributed by atoms with Crippen molar-refractivity contribution in [1.29, 1.82) is 0 Å². The summed E-state index contributed by atoms with van der Waals surface area (Å²) in [5.74, 6) is -0.801. The second-order valence-electron chi connectivity index (χ2n) is 7.54. The van der Waals surface area contributed by atoms with Crippen molar-refractivity contribution >= 4 is 23.9 Å². The highest BCUT2D eigenvalue weighted by Gasteiger charge is 2.35. The second kappa shape index (κ2) is 11.2. The van der Waals surface area contributed by atoms with Crippen molar-refractivity contribution in [1.82, 2.24) is 10.2 Å². The van der Waals surface area contributed by atoms with E-state index < -0.39 is 18.1 Å². The molecule has 6 heteroatoms. The van der Waals surface area contributed by atoms with Crippen LogP contribution >= 0.6 is 0 Å². The monoisotopic (exact) mass is 398 g/mol. The van der Waals surface area contributed by atoms with Crippen molar-refractivity contribution in [3.05, 3.63) is 54.6 Å². The minimum Gasteiger partial charge on any atom is -0.460 e. The quantitative estimate of drug-likeness (QED) is 0.394. The Bertz CT molecular complexity index is 743. The lowest BCUT2D eigenvalue weighted by atomic mass is 10.0. The summed E-state index contributed by atoms with van der Waals surface area (Å²) in [6.45, 7) is 8.09. The smallest absolute Gasteiger partial charge is 0.328 e. The first-order chi connectivity index (χ1) is 13.9. The summed E-state index contributed by atoms with van der Waals surface area (Å²) < 4.78 is 5.12. The van der Waals surface area contributed by atoms with Gasteiger partial charge in [-0.05, 0) is 36.8 Å². The van der Waals surface area contributed by atoms with Crippen molar-refractivity contribution in [2.45, 2.75) is 45.2 Å². The third kappa shape index (κ3) is 6.89. The highest BCUT2D eigenvalue weighted by Crippen LogP contribution is 2.19. The molecule has 1 aromatic carbocycles. The SMILES string of the molecule is C=CCOC(=O)[C@H](CC(C)C)NC(=O)[C@H]1CCCN1C(=O)/C=C/c1ccccc1. The van der Waals surface area contributed by atoms with Crippen LogP contribution in [-0.2, 0) is 19.1 Å². The molecule has 1 fully saturated rings. The molecule has 0 spiro atoms. The van der Waals surface area contributed by atoms with Crippen LogP contribution in [0.1, 0.15) is 38.7 Å². The van der Waals surface area contributed by atoms with E-state index in [1.807, 2.05) is 44.2 Å². The van der Waals surface area contributed by atoms with Gasteiger partial charge in [0.05, 0.1) is 0 Å². The summed E-state index contributed by atoms with van der Waals surface area (Å²) in [7, 11) is 0. The van der Waals surface area contributed by atoms with Crippen LogP contribution in [0.4, 0.5) is 0 Å². The summed E-state index contributed by atoms with van der Waals surface area (Å²) in [4.78, 5) is 39.3. The molecule has 1 aromatic rings. The number of hydrogen-bond acceptors (Lipinski definition) is 4. The summed E-state index contributed by atoms with van der Waals surface area (Å²) in [6.07, 6.45) is 6.51. The number of ether oxygens (including phenoxy) is 1. The number of hydrogen-bond donors (Lipinski definition) is 1. The summed E-state index contributed by atoms with van der Waals surface area (Å²) >= 11 is 0. The van der Waals surface area contributed by atoms with E-state index in [2.05, 4.69) is 11.9 Å². The topological polar surface area (TPSA) is 75.7 Å². The maximum atomic E-state index is 12.8. The Morgan fingerprint density at radius 1 is 1.28 bits per heavy atom. The fourth-order valence-electron chi connectivity index (χ4n) is 3.33. The van der Waals surface area contributed by atoms with Crippen molar-refractivity contribution in [2.24, 2.45) is 5.92 Å². The average Bonchev–Trinajstić information content (AvgIpc) is 3.20. The lowest BCUT2D eigenvalue weighted by Gasteiger charge is -2.26. The Labute approximate surface area is 172 Å². The molecule has 6 nitrogen and oxygen atoms in total. The standard InChI is InChI=1S/C23H30N2O4/c1-4-15-29-23(28)19(16-17(2)3)24-22(27)20-11-8-14-25(20)21(26)13-12-18-9-6-5-7-10-18/h4-7,9-10,12-13,17,19-20H,1,8,11,14-16H2,2-3H3,(H,24,27)/b13-12+/t19-,20+/m0/s1. The van der Waals surface area contributed by atoms with E-state index in [1.165, 1.54) is 12.2 Å². The van der Waals surface area contributed by atoms with Crippen LogP contribution in [-0.4, -0.2) is 47.9 Å². The van der Waals surface area contributed by atoms with Gasteiger partial charge in [0.1, 0.15) is 18.7 Å².